The van der Waals surface area contributed by atoms with E-state index in [1.165, 1.54) is 0 Å². The van der Waals surface area contributed by atoms with Crippen LogP contribution in [0.5, 0.6) is 0 Å². The zero-order chi connectivity index (χ0) is 17.2. The van der Waals surface area contributed by atoms with Crippen LogP contribution in [0.3, 0.4) is 0 Å². The van der Waals surface area contributed by atoms with Gasteiger partial charge in [-0.1, -0.05) is 18.2 Å². The van der Waals surface area contributed by atoms with Crippen molar-refractivity contribution in [3.8, 4) is 0 Å². The van der Waals surface area contributed by atoms with Gasteiger partial charge >= 0.3 is 0 Å². The fourth-order valence-corrected chi connectivity index (χ4v) is 3.47. The highest BCUT2D eigenvalue weighted by Gasteiger charge is 2.25. The van der Waals surface area contributed by atoms with Crippen LogP contribution < -0.4 is 5.56 Å². The summed E-state index contributed by atoms with van der Waals surface area (Å²) < 4.78 is 2.06. The first-order valence-corrected chi connectivity index (χ1v) is 8.44. The predicted molar refractivity (Wildman–Crippen MR) is 93.1 cm³/mol. The number of aromatic nitrogens is 4. The van der Waals surface area contributed by atoms with E-state index in [-0.39, 0.29) is 23.9 Å². The van der Waals surface area contributed by atoms with Crippen molar-refractivity contribution in [3.63, 3.8) is 0 Å². The molecule has 3 heterocycles. The predicted octanol–water partition coefficient (Wildman–Crippen LogP) is 1.53. The van der Waals surface area contributed by atoms with Crippen LogP contribution in [0.25, 0.3) is 10.8 Å². The van der Waals surface area contributed by atoms with E-state index in [0.717, 1.165) is 24.8 Å². The monoisotopic (exact) mass is 337 g/mol. The normalized spacial score (nSPS) is 17.8. The number of carbonyl (C=O) groups is 1. The Hall–Kier alpha value is -2.96. The van der Waals surface area contributed by atoms with E-state index in [1.54, 1.807) is 18.6 Å². The molecule has 1 unspecified atom stereocenters. The number of rotatable bonds is 3. The Morgan fingerprint density at radius 2 is 2.12 bits per heavy atom. The molecule has 3 aromatic rings. The van der Waals surface area contributed by atoms with Gasteiger partial charge in [-0.3, -0.25) is 9.59 Å². The van der Waals surface area contributed by atoms with Crippen LogP contribution in [0.2, 0.25) is 0 Å². The first-order chi connectivity index (χ1) is 12.2. The first kappa shape index (κ1) is 15.6. The topological polar surface area (TPSA) is 83.9 Å². The highest BCUT2D eigenvalue weighted by Crippen LogP contribution is 2.22. The lowest BCUT2D eigenvalue weighted by molar-refractivity contribution is -0.132. The second-order valence-electron chi connectivity index (χ2n) is 6.37. The van der Waals surface area contributed by atoms with Gasteiger partial charge in [0.15, 0.2) is 0 Å². The fraction of sp³-hybridized carbons (Fsp3) is 0.333. The molecule has 1 fully saturated rings. The largest absolute Gasteiger partial charge is 0.340 e. The number of hydrogen-bond donors (Lipinski definition) is 1. The zero-order valence-electron chi connectivity index (χ0n) is 13.8. The van der Waals surface area contributed by atoms with Gasteiger partial charge in [0.05, 0.1) is 29.9 Å². The van der Waals surface area contributed by atoms with Gasteiger partial charge in [-0.15, -0.1) is 0 Å². The molecule has 2 aromatic heterocycles. The fourth-order valence-electron chi connectivity index (χ4n) is 3.47. The number of benzene rings is 1. The molecule has 1 aromatic carbocycles. The molecule has 4 rings (SSSR count). The summed E-state index contributed by atoms with van der Waals surface area (Å²) in [5, 5.41) is 7.91. The standard InChI is InChI=1S/C18H19N5O2/c24-17(22-8-3-4-13(11-22)23-9-7-19-12-23)10-16-14-5-1-2-6-15(14)18(25)21-20-16/h1-2,5-7,9,12-13H,3-4,8,10-11H2,(H,21,25). The number of fused-ring (bicyclic) bond motifs is 1. The van der Waals surface area contributed by atoms with E-state index in [4.69, 9.17) is 0 Å². The van der Waals surface area contributed by atoms with Gasteiger partial charge < -0.3 is 9.47 Å². The molecular formula is C18H19N5O2. The van der Waals surface area contributed by atoms with E-state index in [1.807, 2.05) is 29.3 Å². The van der Waals surface area contributed by atoms with Crippen LogP contribution in [0.4, 0.5) is 0 Å². The van der Waals surface area contributed by atoms with Crippen molar-refractivity contribution in [2.75, 3.05) is 13.1 Å². The van der Waals surface area contributed by atoms with Gasteiger partial charge in [-0.2, -0.15) is 5.10 Å². The minimum atomic E-state index is -0.232. The maximum atomic E-state index is 12.8. The number of imidazole rings is 1. The van der Waals surface area contributed by atoms with Crippen LogP contribution in [0, 0.1) is 0 Å². The Morgan fingerprint density at radius 1 is 1.28 bits per heavy atom. The van der Waals surface area contributed by atoms with Gasteiger partial charge in [0.2, 0.25) is 5.91 Å². The number of hydrogen-bond acceptors (Lipinski definition) is 4. The highest BCUT2D eigenvalue weighted by atomic mass is 16.2. The summed E-state index contributed by atoms with van der Waals surface area (Å²) >= 11 is 0. The number of amides is 1. The molecule has 1 aliphatic heterocycles. The van der Waals surface area contributed by atoms with Gasteiger partial charge in [-0.25, -0.2) is 10.1 Å². The third-order valence-corrected chi connectivity index (χ3v) is 4.79. The molecule has 0 aliphatic carbocycles. The van der Waals surface area contributed by atoms with Crippen molar-refractivity contribution in [1.82, 2.24) is 24.6 Å². The number of carbonyl (C=O) groups excluding carboxylic acids is 1. The van der Waals surface area contributed by atoms with E-state index in [2.05, 4.69) is 19.7 Å². The number of aromatic amines is 1. The van der Waals surface area contributed by atoms with Crippen LogP contribution in [0.1, 0.15) is 24.6 Å². The lowest BCUT2D eigenvalue weighted by Gasteiger charge is -2.33. The van der Waals surface area contributed by atoms with Crippen molar-refractivity contribution < 1.29 is 4.79 Å². The van der Waals surface area contributed by atoms with E-state index in [9.17, 15) is 9.59 Å². The Kier molecular flexibility index (Phi) is 4.05. The number of likely N-dealkylation sites (tertiary alicyclic amines) is 1. The molecule has 1 aliphatic rings. The molecule has 25 heavy (non-hydrogen) atoms. The summed E-state index contributed by atoms with van der Waals surface area (Å²) in [5.41, 5.74) is 0.384. The molecule has 0 radical (unpaired) electrons. The second-order valence-corrected chi connectivity index (χ2v) is 6.37. The average Bonchev–Trinajstić information content (AvgIpc) is 3.19. The minimum Gasteiger partial charge on any atom is -0.340 e. The van der Waals surface area contributed by atoms with E-state index >= 15 is 0 Å². The number of H-pyrrole nitrogens is 1. The quantitative estimate of drug-likeness (QED) is 0.785. The van der Waals surface area contributed by atoms with Crippen LogP contribution >= 0.6 is 0 Å². The number of piperidine rings is 1. The highest BCUT2D eigenvalue weighted by molar-refractivity contribution is 5.88. The third-order valence-electron chi connectivity index (χ3n) is 4.79. The Balaban J connectivity index is 1.54. The van der Waals surface area contributed by atoms with Crippen molar-refractivity contribution in [2.24, 2.45) is 0 Å². The van der Waals surface area contributed by atoms with Crippen molar-refractivity contribution >= 4 is 16.7 Å². The smallest absolute Gasteiger partial charge is 0.272 e. The van der Waals surface area contributed by atoms with E-state index in [0.29, 0.717) is 17.6 Å². The van der Waals surface area contributed by atoms with Gasteiger partial charge in [0.25, 0.3) is 5.56 Å². The van der Waals surface area contributed by atoms with Crippen LogP contribution in [-0.4, -0.2) is 43.6 Å². The molecule has 0 bridgehead atoms. The SMILES string of the molecule is O=C(Cc1n[nH]c(=O)c2ccccc12)N1CCCC(n2ccnc2)C1. The molecule has 0 spiro atoms. The molecular weight excluding hydrogens is 318 g/mol. The summed E-state index contributed by atoms with van der Waals surface area (Å²) in [6.07, 6.45) is 7.70. The average molecular weight is 337 g/mol. The second kappa shape index (κ2) is 6.51. The molecule has 7 heteroatoms. The van der Waals surface area contributed by atoms with Crippen molar-refractivity contribution in [3.05, 3.63) is 59.0 Å². The first-order valence-electron chi connectivity index (χ1n) is 8.44. The van der Waals surface area contributed by atoms with E-state index < -0.39 is 0 Å². The molecule has 7 nitrogen and oxygen atoms in total. The zero-order valence-corrected chi connectivity index (χ0v) is 13.8. The Bertz CT molecular complexity index is 948. The van der Waals surface area contributed by atoms with Gasteiger partial charge in [-0.05, 0) is 18.9 Å². The molecule has 1 amide bonds. The summed E-state index contributed by atoms with van der Waals surface area (Å²) in [7, 11) is 0. The minimum absolute atomic E-state index is 0.0366. The molecule has 1 atom stereocenters. The van der Waals surface area contributed by atoms with Crippen molar-refractivity contribution in [2.45, 2.75) is 25.3 Å². The summed E-state index contributed by atoms with van der Waals surface area (Å²) in [6.45, 7) is 1.43. The molecule has 1 N–H and O–H groups in total. The molecule has 128 valence electrons. The molecule has 1 saturated heterocycles. The van der Waals surface area contributed by atoms with Gasteiger partial charge in [0, 0.05) is 30.9 Å². The third kappa shape index (κ3) is 3.05. The maximum absolute atomic E-state index is 12.8. The lowest BCUT2D eigenvalue weighted by atomic mass is 10.0. The van der Waals surface area contributed by atoms with Gasteiger partial charge in [0.1, 0.15) is 0 Å². The van der Waals surface area contributed by atoms with Crippen LogP contribution in [-0.2, 0) is 11.2 Å². The number of nitrogens with zero attached hydrogens (tertiary/aromatic N) is 4. The Morgan fingerprint density at radius 3 is 2.92 bits per heavy atom. The summed E-state index contributed by atoms with van der Waals surface area (Å²) in [5.74, 6) is 0.0366. The lowest BCUT2D eigenvalue weighted by Crippen LogP contribution is -2.41. The summed E-state index contributed by atoms with van der Waals surface area (Å²) in [6, 6.07) is 7.52. The molecule has 0 saturated carbocycles. The van der Waals surface area contributed by atoms with Crippen molar-refractivity contribution in [1.29, 1.82) is 0 Å². The van der Waals surface area contributed by atoms with Crippen LogP contribution in [0.15, 0.2) is 47.8 Å². The Labute approximate surface area is 144 Å². The summed E-state index contributed by atoms with van der Waals surface area (Å²) in [4.78, 5) is 30.6. The maximum Gasteiger partial charge on any atom is 0.272 e. The number of nitrogens with one attached hydrogen (secondary N) is 1.